The van der Waals surface area contributed by atoms with E-state index in [-0.39, 0.29) is 0 Å². The van der Waals surface area contributed by atoms with E-state index in [0.717, 1.165) is 48.0 Å². The average Bonchev–Trinajstić information content (AvgIpc) is 3.49. The minimum atomic E-state index is 0.900. The summed E-state index contributed by atoms with van der Waals surface area (Å²) in [6, 6.07) is 50.8. The summed E-state index contributed by atoms with van der Waals surface area (Å²) >= 11 is 0. The molecule has 0 saturated carbocycles. The van der Waals surface area contributed by atoms with E-state index in [0.29, 0.717) is 0 Å². The van der Waals surface area contributed by atoms with Crippen molar-refractivity contribution in [1.29, 1.82) is 0 Å². The number of benzene rings is 4. The first-order valence-corrected chi connectivity index (χ1v) is 17.2. The Hall–Kier alpha value is -5.74. The second-order valence-electron chi connectivity index (χ2n) is 12.7. The third-order valence-corrected chi connectivity index (χ3v) is 9.94. The van der Waals surface area contributed by atoms with Gasteiger partial charge in [0.05, 0.1) is 10.9 Å². The normalized spacial score (nSPS) is 13.4. The molecule has 0 bridgehead atoms. The summed E-state index contributed by atoms with van der Waals surface area (Å²) in [6.07, 6.45) is 4.02. The maximum absolute atomic E-state index is 5.26. The maximum Gasteiger partial charge on any atom is 0.525 e. The molecule has 8 aromatic rings. The Morgan fingerprint density at radius 3 is 1.98 bits per heavy atom. The van der Waals surface area contributed by atoms with Crippen molar-refractivity contribution in [3.05, 3.63) is 151 Å². The van der Waals surface area contributed by atoms with Gasteiger partial charge in [0.15, 0.2) is 0 Å². The molecule has 0 N–H and O–H groups in total. The number of nitrogens with zero attached hydrogens (tertiary/aromatic N) is 4. The van der Waals surface area contributed by atoms with Gasteiger partial charge in [-0.2, -0.15) is 0 Å². The van der Waals surface area contributed by atoms with E-state index in [9.17, 15) is 0 Å². The zero-order valence-electron chi connectivity index (χ0n) is 27.4. The van der Waals surface area contributed by atoms with E-state index in [4.69, 9.17) is 4.98 Å². The van der Waals surface area contributed by atoms with Crippen LogP contribution in [0.15, 0.2) is 140 Å². The number of fused-ring (bicyclic) bond motifs is 9. The Balaban J connectivity index is 1.49. The summed E-state index contributed by atoms with van der Waals surface area (Å²) in [5.74, 6) is 1.19. The predicted octanol–water partition coefficient (Wildman–Crippen LogP) is 9.11. The molecule has 9 rings (SSSR count). The van der Waals surface area contributed by atoms with Gasteiger partial charge < -0.3 is 0 Å². The standard InChI is InChI=1S/C44H37N4/c1-3-5-19-42(46-37-20-11-7-15-32(37)24-27-40(46)36-26-23-31-14-6-10-18-35(31)45-36)44-47-38-21-12-8-16-33(38)25-28-41(47)43-29-30(4-2)34-17-9-13-22-39(34)48(43)44/h6-18,20-29H,3-5,19H2,1-2H3/q+3. The molecule has 4 aromatic carbocycles. The van der Waals surface area contributed by atoms with Crippen LogP contribution in [-0.2, 0) is 6.42 Å². The molecule has 0 amide bonds. The van der Waals surface area contributed by atoms with Crippen LogP contribution in [0.4, 0.5) is 0 Å². The van der Waals surface area contributed by atoms with Crippen molar-refractivity contribution in [3.8, 4) is 22.8 Å². The van der Waals surface area contributed by atoms with E-state index < -0.39 is 0 Å². The molecule has 0 saturated heterocycles. The minimum absolute atomic E-state index is 0.900. The largest absolute Gasteiger partial charge is 0.525 e. The molecule has 230 valence electrons. The number of rotatable bonds is 6. The highest BCUT2D eigenvalue weighted by Crippen LogP contribution is 2.31. The van der Waals surface area contributed by atoms with Gasteiger partial charge in [0.1, 0.15) is 5.69 Å². The molecule has 0 spiro atoms. The van der Waals surface area contributed by atoms with Gasteiger partial charge in [-0.3, -0.25) is 0 Å². The second kappa shape index (κ2) is 11.5. The third-order valence-electron chi connectivity index (χ3n) is 9.94. The van der Waals surface area contributed by atoms with Gasteiger partial charge in [-0.1, -0.05) is 90.1 Å². The van der Waals surface area contributed by atoms with Crippen molar-refractivity contribution in [2.75, 3.05) is 0 Å². The van der Waals surface area contributed by atoms with Crippen molar-refractivity contribution in [1.82, 2.24) is 4.98 Å². The molecule has 4 aromatic heterocycles. The number of hydrogen-bond acceptors (Lipinski definition) is 1. The lowest BCUT2D eigenvalue weighted by Crippen LogP contribution is -2.53. The van der Waals surface area contributed by atoms with E-state index in [1.165, 1.54) is 61.2 Å². The lowest BCUT2D eigenvalue weighted by molar-refractivity contribution is -0.780. The number of pyridine rings is 4. The van der Waals surface area contributed by atoms with Gasteiger partial charge in [0.25, 0.3) is 11.4 Å². The van der Waals surface area contributed by atoms with E-state index in [2.05, 4.69) is 167 Å². The van der Waals surface area contributed by atoms with Crippen molar-refractivity contribution in [2.45, 2.75) is 39.5 Å². The van der Waals surface area contributed by atoms with Crippen LogP contribution < -0.4 is 13.7 Å². The fraction of sp³-hybridized carbons (Fsp3) is 0.136. The predicted molar refractivity (Wildman–Crippen MR) is 195 cm³/mol. The van der Waals surface area contributed by atoms with Gasteiger partial charge in [-0.15, -0.1) is 4.57 Å². The molecular formula is C44H37N4+3. The zero-order chi connectivity index (χ0) is 32.2. The lowest BCUT2D eigenvalue weighted by Gasteiger charge is -2.10. The molecule has 48 heavy (non-hydrogen) atoms. The topological polar surface area (TPSA) is 24.5 Å². The number of aromatic nitrogens is 4. The SMILES string of the molecule is CCCCC(=C1[n+]2c(ccc3ccccc32)-c2cc(CC)c3ccccc3[n+]21)[n+]1c(-c2ccc3ccccc3n2)ccc2ccccc21. The summed E-state index contributed by atoms with van der Waals surface area (Å²) in [5, 5.41) is 4.87. The van der Waals surface area contributed by atoms with E-state index in [1.54, 1.807) is 0 Å². The van der Waals surface area contributed by atoms with Gasteiger partial charge in [0.2, 0.25) is 22.2 Å². The summed E-state index contributed by atoms with van der Waals surface area (Å²) in [4.78, 5) is 5.26. The molecule has 0 unspecified atom stereocenters. The molecule has 1 aliphatic rings. The molecule has 4 nitrogen and oxygen atoms in total. The molecule has 0 aliphatic carbocycles. The van der Waals surface area contributed by atoms with Crippen LogP contribution in [0, 0.1) is 5.82 Å². The van der Waals surface area contributed by atoms with Crippen molar-refractivity contribution in [3.63, 3.8) is 0 Å². The first kappa shape index (κ1) is 28.5. The fourth-order valence-electron chi connectivity index (χ4n) is 7.65. The maximum atomic E-state index is 5.26. The number of hydrogen-bond donors (Lipinski definition) is 0. The molecule has 4 heteroatoms. The summed E-state index contributed by atoms with van der Waals surface area (Å²) in [6.45, 7) is 4.55. The summed E-state index contributed by atoms with van der Waals surface area (Å²) in [5.41, 5.74) is 11.7. The van der Waals surface area contributed by atoms with Crippen LogP contribution in [0.3, 0.4) is 0 Å². The molecule has 1 aliphatic heterocycles. The zero-order valence-corrected chi connectivity index (χ0v) is 27.4. The first-order chi connectivity index (χ1) is 23.7. The smallest absolute Gasteiger partial charge is 0.241 e. The van der Waals surface area contributed by atoms with Crippen molar-refractivity contribution < 1.29 is 13.7 Å². The monoisotopic (exact) mass is 621 g/mol. The van der Waals surface area contributed by atoms with Crippen LogP contribution >= 0.6 is 0 Å². The van der Waals surface area contributed by atoms with Crippen molar-refractivity contribution >= 4 is 49.3 Å². The molecule has 0 fully saturated rings. The van der Waals surface area contributed by atoms with Crippen LogP contribution in [0.2, 0.25) is 0 Å². The van der Waals surface area contributed by atoms with Crippen molar-refractivity contribution in [2.24, 2.45) is 0 Å². The van der Waals surface area contributed by atoms with Crippen LogP contribution in [0.25, 0.3) is 72.1 Å². The van der Waals surface area contributed by atoms with Gasteiger partial charge in [0, 0.05) is 59.0 Å². The van der Waals surface area contributed by atoms with E-state index >= 15 is 0 Å². The highest BCUT2D eigenvalue weighted by Gasteiger charge is 2.51. The number of allylic oxidation sites excluding steroid dienone is 1. The number of para-hydroxylation sites is 4. The Morgan fingerprint density at radius 1 is 0.562 bits per heavy atom. The Kier molecular flexibility index (Phi) is 6.82. The third kappa shape index (κ3) is 4.36. The summed E-state index contributed by atoms with van der Waals surface area (Å²) < 4.78 is 7.57. The van der Waals surface area contributed by atoms with Crippen LogP contribution in [0.5, 0.6) is 0 Å². The van der Waals surface area contributed by atoms with Crippen LogP contribution in [-0.4, -0.2) is 4.98 Å². The quantitative estimate of drug-likeness (QED) is 0.170. The van der Waals surface area contributed by atoms with Gasteiger partial charge in [-0.25, -0.2) is 4.98 Å². The molecular weight excluding hydrogens is 585 g/mol. The van der Waals surface area contributed by atoms with E-state index in [1.807, 2.05) is 0 Å². The molecule has 0 atom stereocenters. The Labute approximate surface area is 280 Å². The Morgan fingerprint density at radius 2 is 1.19 bits per heavy atom. The highest BCUT2D eigenvalue weighted by molar-refractivity contribution is 5.85. The fourth-order valence-corrected chi connectivity index (χ4v) is 7.65. The second-order valence-corrected chi connectivity index (χ2v) is 12.7. The van der Waals surface area contributed by atoms with Gasteiger partial charge >= 0.3 is 11.5 Å². The highest BCUT2D eigenvalue weighted by atomic mass is 15.3. The summed E-state index contributed by atoms with van der Waals surface area (Å²) in [7, 11) is 0. The number of aryl methyl sites for hydroxylation is 1. The Bertz CT molecular complexity index is 2600. The lowest BCUT2D eigenvalue weighted by atomic mass is 10.0. The minimum Gasteiger partial charge on any atom is -0.241 e. The van der Waals surface area contributed by atoms with Gasteiger partial charge in [-0.05, 0) is 60.9 Å². The van der Waals surface area contributed by atoms with Crippen LogP contribution in [0.1, 0.15) is 38.7 Å². The first-order valence-electron chi connectivity index (χ1n) is 17.2. The molecule has 0 radical (unpaired) electrons. The number of unbranched alkanes of at least 4 members (excludes halogenated alkanes) is 1. The molecule has 5 heterocycles. The average molecular weight is 622 g/mol.